The fourth-order valence-electron chi connectivity index (χ4n) is 3.07. The van der Waals surface area contributed by atoms with Gasteiger partial charge < -0.3 is 4.43 Å². The molecule has 0 aliphatic carbocycles. The van der Waals surface area contributed by atoms with E-state index in [4.69, 9.17) is 9.63 Å². The number of benzene rings is 3. The highest BCUT2D eigenvalue weighted by atomic mass is 32.2. The molecule has 0 saturated heterocycles. The van der Waals surface area contributed by atoms with Gasteiger partial charge in [-0.1, -0.05) is 81.4 Å². The van der Waals surface area contributed by atoms with Gasteiger partial charge in [-0.25, -0.2) is 9.87 Å². The molecule has 0 aliphatic rings. The number of nitrogens with one attached hydrogen (secondary N) is 1. The smallest absolute Gasteiger partial charge is 0.283 e. The van der Waals surface area contributed by atoms with Gasteiger partial charge in [-0.2, -0.15) is 0 Å². The Hall–Kier alpha value is -2.45. The Morgan fingerprint density at radius 3 is 2.06 bits per heavy atom. The van der Waals surface area contributed by atoms with Crippen molar-refractivity contribution in [1.82, 2.24) is 5.48 Å². The maximum absolute atomic E-state index is 14.6. The topological polar surface area (TPSA) is 58.6 Å². The van der Waals surface area contributed by atoms with E-state index in [9.17, 15) is 9.18 Å². The predicted octanol–water partition coefficient (Wildman–Crippen LogP) is 4.27. The summed E-state index contributed by atoms with van der Waals surface area (Å²) in [4.78, 5) is 11.9. The summed E-state index contributed by atoms with van der Waals surface area (Å²) in [5.74, 6) is -0.686. The van der Waals surface area contributed by atoms with Gasteiger partial charge in [0.2, 0.25) is 0 Å². The van der Waals surface area contributed by atoms with Crippen molar-refractivity contribution in [3.63, 3.8) is 0 Å². The van der Waals surface area contributed by atoms with E-state index in [0.29, 0.717) is 10.6 Å². The van der Waals surface area contributed by atoms with E-state index < -0.39 is 20.8 Å². The molecular formula is C25H27FNO3SSi. The van der Waals surface area contributed by atoms with Gasteiger partial charge in [0, 0.05) is 16.2 Å². The maximum atomic E-state index is 14.6. The first-order valence-corrected chi connectivity index (χ1v) is 12.7. The molecule has 7 heteroatoms. The molecule has 0 heterocycles. The Bertz CT molecular complexity index is 989. The Kier molecular flexibility index (Phi) is 8.25. The zero-order valence-corrected chi connectivity index (χ0v) is 20.2. The van der Waals surface area contributed by atoms with Crippen LogP contribution in [0.5, 0.6) is 0 Å². The number of carbonyl (C=O) groups excluding carboxylic acids is 1. The summed E-state index contributed by atoms with van der Waals surface area (Å²) in [6.45, 7) is 6.37. The standard InChI is InChI=1S/C25H27FNO3SSi/c1-25(2,3)23(17-31-22-15-14-18(16-21(22)26)24(28)27-29)30-32(19-10-6-4-7-11-19)20-12-8-5-9-13-20/h4-16,23,29H,17H2,1-3H3,(H,27,28). The average Bonchev–Trinajstić information content (AvgIpc) is 2.79. The van der Waals surface area contributed by atoms with Crippen LogP contribution < -0.4 is 15.9 Å². The Morgan fingerprint density at radius 2 is 1.59 bits per heavy atom. The number of thioether (sulfide) groups is 1. The molecule has 0 bridgehead atoms. The number of halogens is 1. The minimum absolute atomic E-state index is 0.0663. The van der Waals surface area contributed by atoms with Crippen molar-refractivity contribution in [2.45, 2.75) is 31.8 Å². The number of hydrogen-bond donors (Lipinski definition) is 2. The molecule has 0 aromatic heterocycles. The van der Waals surface area contributed by atoms with E-state index in [0.717, 1.165) is 16.4 Å². The summed E-state index contributed by atoms with van der Waals surface area (Å²) in [6, 6.07) is 24.6. The Balaban J connectivity index is 1.82. The van der Waals surface area contributed by atoms with Crippen molar-refractivity contribution >= 4 is 37.1 Å². The van der Waals surface area contributed by atoms with Crippen LogP contribution in [0.2, 0.25) is 0 Å². The fraction of sp³-hybridized carbons (Fsp3) is 0.240. The number of carbonyl (C=O) groups is 1. The van der Waals surface area contributed by atoms with Crippen molar-refractivity contribution in [2.24, 2.45) is 5.41 Å². The van der Waals surface area contributed by atoms with Crippen LogP contribution in [0.25, 0.3) is 0 Å². The van der Waals surface area contributed by atoms with Crippen LogP contribution in [-0.4, -0.2) is 32.0 Å². The molecule has 3 aromatic rings. The van der Waals surface area contributed by atoms with Crippen molar-refractivity contribution in [3.05, 3.63) is 90.2 Å². The zero-order chi connectivity index (χ0) is 23.1. The maximum Gasteiger partial charge on any atom is 0.283 e. The van der Waals surface area contributed by atoms with Crippen molar-refractivity contribution in [1.29, 1.82) is 0 Å². The summed E-state index contributed by atoms with van der Waals surface area (Å²) in [6.07, 6.45) is -0.137. The lowest BCUT2D eigenvalue weighted by molar-refractivity contribution is 0.0705. The summed E-state index contributed by atoms with van der Waals surface area (Å²) in [5.41, 5.74) is 1.42. The average molecular weight is 469 g/mol. The predicted molar refractivity (Wildman–Crippen MR) is 129 cm³/mol. The molecule has 0 spiro atoms. The van der Waals surface area contributed by atoms with Gasteiger partial charge in [0.1, 0.15) is 5.82 Å². The number of rotatable bonds is 8. The third-order valence-electron chi connectivity index (χ3n) is 4.98. The van der Waals surface area contributed by atoms with Gasteiger partial charge in [-0.3, -0.25) is 10.0 Å². The molecule has 4 nitrogen and oxygen atoms in total. The van der Waals surface area contributed by atoms with Crippen LogP contribution in [0.3, 0.4) is 0 Å². The van der Waals surface area contributed by atoms with E-state index in [1.54, 1.807) is 6.07 Å². The Labute approximate surface area is 194 Å². The molecule has 1 atom stereocenters. The molecule has 3 aromatic carbocycles. The van der Waals surface area contributed by atoms with Crippen LogP contribution in [0.1, 0.15) is 31.1 Å². The molecule has 2 N–H and O–H groups in total. The second-order valence-corrected chi connectivity index (χ2v) is 11.5. The van der Waals surface area contributed by atoms with Gasteiger partial charge >= 0.3 is 0 Å². The minimum atomic E-state index is -1.50. The fourth-order valence-corrected chi connectivity index (χ4v) is 6.77. The van der Waals surface area contributed by atoms with Crippen LogP contribution >= 0.6 is 11.8 Å². The summed E-state index contributed by atoms with van der Waals surface area (Å²) in [5, 5.41) is 11.1. The SMILES string of the molecule is CC(C)(C)C(CSc1ccc(C(=O)NO)cc1F)O[Si](c1ccccc1)c1ccccc1. The first-order valence-electron chi connectivity index (χ1n) is 10.3. The molecule has 0 fully saturated rings. The summed E-state index contributed by atoms with van der Waals surface area (Å²) in [7, 11) is -1.50. The van der Waals surface area contributed by atoms with E-state index in [2.05, 4.69) is 45.0 Å². The third-order valence-corrected chi connectivity index (χ3v) is 8.33. The first kappa shape index (κ1) is 24.2. The van der Waals surface area contributed by atoms with Gasteiger partial charge in [-0.15, -0.1) is 11.8 Å². The normalized spacial score (nSPS) is 12.6. The molecule has 167 valence electrons. The molecule has 3 rings (SSSR count). The van der Waals surface area contributed by atoms with Gasteiger partial charge in [0.05, 0.1) is 6.10 Å². The second kappa shape index (κ2) is 10.9. The van der Waals surface area contributed by atoms with E-state index in [-0.39, 0.29) is 17.1 Å². The third kappa shape index (κ3) is 6.29. The van der Waals surface area contributed by atoms with E-state index in [1.165, 1.54) is 23.3 Å². The highest BCUT2D eigenvalue weighted by Gasteiger charge is 2.31. The number of hydroxylamine groups is 1. The minimum Gasteiger partial charge on any atom is -0.403 e. The molecule has 1 amide bonds. The van der Waals surface area contributed by atoms with E-state index >= 15 is 0 Å². The number of hydrogen-bond acceptors (Lipinski definition) is 4. The van der Waals surface area contributed by atoms with Crippen LogP contribution in [0.4, 0.5) is 4.39 Å². The molecule has 1 radical (unpaired) electrons. The molecule has 32 heavy (non-hydrogen) atoms. The second-order valence-electron chi connectivity index (χ2n) is 8.43. The van der Waals surface area contributed by atoms with Crippen LogP contribution in [-0.2, 0) is 4.43 Å². The zero-order valence-electron chi connectivity index (χ0n) is 18.3. The van der Waals surface area contributed by atoms with Crippen molar-refractivity contribution in [3.8, 4) is 0 Å². The van der Waals surface area contributed by atoms with Crippen LogP contribution in [0, 0.1) is 11.2 Å². The highest BCUT2D eigenvalue weighted by Crippen LogP contribution is 2.31. The highest BCUT2D eigenvalue weighted by molar-refractivity contribution is 7.99. The van der Waals surface area contributed by atoms with Gasteiger partial charge in [0.15, 0.2) is 0 Å². The lowest BCUT2D eigenvalue weighted by Gasteiger charge is -2.34. The largest absolute Gasteiger partial charge is 0.403 e. The summed E-state index contributed by atoms with van der Waals surface area (Å²) < 4.78 is 21.4. The molecule has 0 saturated carbocycles. The molecule has 1 unspecified atom stereocenters. The quantitative estimate of drug-likeness (QED) is 0.224. The summed E-state index contributed by atoms with van der Waals surface area (Å²) >= 11 is 1.36. The first-order chi connectivity index (χ1) is 15.3. The van der Waals surface area contributed by atoms with Crippen molar-refractivity contribution < 1.29 is 18.8 Å². The lowest BCUT2D eigenvalue weighted by atomic mass is 9.90. The monoisotopic (exact) mass is 468 g/mol. The van der Waals surface area contributed by atoms with Gasteiger partial charge in [0.25, 0.3) is 14.9 Å². The van der Waals surface area contributed by atoms with E-state index in [1.807, 2.05) is 36.4 Å². The molecular weight excluding hydrogens is 441 g/mol. The van der Waals surface area contributed by atoms with Gasteiger partial charge in [-0.05, 0) is 34.0 Å². The molecule has 0 aliphatic heterocycles. The van der Waals surface area contributed by atoms with Crippen LogP contribution in [0.15, 0.2) is 83.8 Å². The Morgan fingerprint density at radius 1 is 1.03 bits per heavy atom. The number of amides is 1. The lowest BCUT2D eigenvalue weighted by Crippen LogP contribution is -2.50. The van der Waals surface area contributed by atoms with Crippen molar-refractivity contribution in [2.75, 3.05) is 5.75 Å².